The molecule has 0 N–H and O–H groups in total. The maximum absolute atomic E-state index is 14.4. The molecule has 0 radical (unpaired) electrons. The van der Waals surface area contributed by atoms with Crippen LogP contribution < -0.4 is 4.46 Å². The van der Waals surface area contributed by atoms with Gasteiger partial charge in [0.25, 0.3) is 0 Å². The third-order valence-corrected chi connectivity index (χ3v) is 17.7. The zero-order valence-electron chi connectivity index (χ0n) is 20.1. The minimum absolute atomic E-state index is 0.0362. The van der Waals surface area contributed by atoms with E-state index in [9.17, 15) is 16.8 Å². The number of hydrogen-bond acceptors (Lipinski definition) is 4. The quantitative estimate of drug-likeness (QED) is 0.242. The summed E-state index contributed by atoms with van der Waals surface area (Å²) in [5, 5.41) is -1.87. The van der Waals surface area contributed by atoms with Crippen molar-refractivity contribution >= 4 is 39.1 Å². The molecule has 7 rings (SSSR count). The first-order chi connectivity index (χ1) is 17.8. The number of benzene rings is 3. The van der Waals surface area contributed by atoms with Crippen LogP contribution in [0, 0.1) is 29.6 Å². The first-order valence-electron chi connectivity index (χ1n) is 12.9. The van der Waals surface area contributed by atoms with Crippen LogP contribution in [0.2, 0.25) is 4.31 Å². The second-order valence-electron chi connectivity index (χ2n) is 10.8. The van der Waals surface area contributed by atoms with Crippen molar-refractivity contribution in [1.82, 2.24) is 0 Å². The van der Waals surface area contributed by atoms with E-state index >= 15 is 0 Å². The molecule has 7 heteroatoms. The average molecular weight is 596 g/mol. The van der Waals surface area contributed by atoms with Crippen molar-refractivity contribution in [3.63, 3.8) is 0 Å². The molecule has 4 nitrogen and oxygen atoms in total. The molecule has 37 heavy (non-hydrogen) atoms. The molecule has 8 unspecified atom stereocenters. The standard InChI is InChI=1S/C30H28O4S2Se/c31-35(32,22-10-4-1-5-11-22)28-25-19-26(29(28)36(33,34)23-12-6-2-7-13-23)30(37-24-14-8-3-9-15-24)21-17-16-20(18-21)27(25)30/h1-17,20-21,25-29H,18-19H2. The van der Waals surface area contributed by atoms with Crippen LogP contribution in [-0.4, -0.2) is 42.3 Å². The summed E-state index contributed by atoms with van der Waals surface area (Å²) < 4.78 is 58.5. The molecule has 3 aromatic rings. The van der Waals surface area contributed by atoms with Crippen LogP contribution in [0.25, 0.3) is 0 Å². The average Bonchev–Trinajstić information content (AvgIpc) is 3.69. The van der Waals surface area contributed by atoms with E-state index in [1.165, 1.54) is 4.46 Å². The van der Waals surface area contributed by atoms with Crippen molar-refractivity contribution in [2.45, 2.75) is 37.4 Å². The van der Waals surface area contributed by atoms with Crippen LogP contribution in [0.4, 0.5) is 0 Å². The Bertz CT molecular complexity index is 1570. The van der Waals surface area contributed by atoms with Crippen molar-refractivity contribution in [2.24, 2.45) is 29.6 Å². The van der Waals surface area contributed by atoms with Crippen LogP contribution in [-0.2, 0) is 19.7 Å². The second-order valence-corrected chi connectivity index (χ2v) is 17.9. The molecule has 3 saturated carbocycles. The van der Waals surface area contributed by atoms with E-state index < -0.39 is 30.2 Å². The Morgan fingerprint density at radius 2 is 1.19 bits per heavy atom. The number of allylic oxidation sites excluding steroid dienone is 2. The summed E-state index contributed by atoms with van der Waals surface area (Å²) in [5.41, 5.74) is 0. The number of sulfone groups is 2. The molecule has 4 bridgehead atoms. The third-order valence-electron chi connectivity index (χ3n) is 9.29. The second kappa shape index (κ2) is 8.41. The summed E-state index contributed by atoms with van der Waals surface area (Å²) in [6.07, 6.45) is 6.30. The topological polar surface area (TPSA) is 68.3 Å². The van der Waals surface area contributed by atoms with E-state index in [1.54, 1.807) is 60.7 Å². The molecule has 0 spiro atoms. The Balaban J connectivity index is 1.43. The summed E-state index contributed by atoms with van der Waals surface area (Å²) in [7, 11) is -7.75. The Kier molecular flexibility index (Phi) is 5.43. The van der Waals surface area contributed by atoms with Crippen molar-refractivity contribution in [3.8, 4) is 0 Å². The SMILES string of the molecule is O=S(=O)(c1ccccc1)C1C2CC(C1S(=O)(=O)c1ccccc1)C1([Se]c3ccccc3)C3C=CC(C3)C21. The molecule has 0 aromatic heterocycles. The molecule has 4 aliphatic carbocycles. The molecule has 190 valence electrons. The Morgan fingerprint density at radius 3 is 1.78 bits per heavy atom. The molecular weight excluding hydrogens is 567 g/mol. The molecule has 8 atom stereocenters. The number of rotatable bonds is 6. The van der Waals surface area contributed by atoms with Gasteiger partial charge in [0.2, 0.25) is 0 Å². The van der Waals surface area contributed by atoms with Gasteiger partial charge in [-0.15, -0.1) is 0 Å². The van der Waals surface area contributed by atoms with Gasteiger partial charge in [0.05, 0.1) is 0 Å². The molecule has 4 aliphatic rings. The first-order valence-corrected chi connectivity index (χ1v) is 17.7. The third kappa shape index (κ3) is 3.30. The summed E-state index contributed by atoms with van der Waals surface area (Å²) in [6.45, 7) is 0. The zero-order valence-corrected chi connectivity index (χ0v) is 23.5. The van der Waals surface area contributed by atoms with Gasteiger partial charge in [-0.05, 0) is 0 Å². The van der Waals surface area contributed by atoms with Gasteiger partial charge in [0.15, 0.2) is 0 Å². The van der Waals surface area contributed by atoms with Crippen molar-refractivity contribution < 1.29 is 16.8 Å². The van der Waals surface area contributed by atoms with Crippen molar-refractivity contribution in [3.05, 3.63) is 103 Å². The van der Waals surface area contributed by atoms with Gasteiger partial charge in [-0.1, -0.05) is 0 Å². The van der Waals surface area contributed by atoms with Gasteiger partial charge >= 0.3 is 226 Å². The first kappa shape index (κ1) is 23.9. The van der Waals surface area contributed by atoms with Gasteiger partial charge in [-0.2, -0.15) is 0 Å². The molecule has 0 heterocycles. The van der Waals surface area contributed by atoms with E-state index in [2.05, 4.69) is 36.4 Å². The van der Waals surface area contributed by atoms with Crippen LogP contribution >= 0.6 is 0 Å². The summed E-state index contributed by atoms with van der Waals surface area (Å²) in [6, 6.07) is 27.4. The number of hydrogen-bond donors (Lipinski definition) is 0. The van der Waals surface area contributed by atoms with E-state index in [4.69, 9.17) is 0 Å². The fourth-order valence-electron chi connectivity index (χ4n) is 8.16. The summed E-state index contributed by atoms with van der Waals surface area (Å²) in [4.78, 5) is 0.470. The van der Waals surface area contributed by atoms with Crippen LogP contribution in [0.5, 0.6) is 0 Å². The van der Waals surface area contributed by atoms with Gasteiger partial charge in [0.1, 0.15) is 0 Å². The summed E-state index contributed by atoms with van der Waals surface area (Å²) >= 11 is 0.0362. The molecular formula is C30H28O4S2Se. The van der Waals surface area contributed by atoms with Crippen molar-refractivity contribution in [2.75, 3.05) is 0 Å². The predicted molar refractivity (Wildman–Crippen MR) is 145 cm³/mol. The Morgan fingerprint density at radius 1 is 0.649 bits per heavy atom. The fraction of sp³-hybridized carbons (Fsp3) is 0.333. The monoisotopic (exact) mass is 596 g/mol. The molecule has 3 aromatic carbocycles. The molecule has 0 aliphatic heterocycles. The van der Waals surface area contributed by atoms with E-state index in [1.807, 2.05) is 6.07 Å². The number of fused-ring (bicyclic) bond motifs is 9. The minimum atomic E-state index is -3.89. The normalized spacial score (nSPS) is 35.6. The molecule has 0 saturated heterocycles. The summed E-state index contributed by atoms with van der Waals surface area (Å²) in [5.74, 6) is 0.505. The van der Waals surface area contributed by atoms with Crippen LogP contribution in [0.15, 0.2) is 113 Å². The van der Waals surface area contributed by atoms with Crippen LogP contribution in [0.3, 0.4) is 0 Å². The van der Waals surface area contributed by atoms with Crippen LogP contribution in [0.1, 0.15) is 12.8 Å². The van der Waals surface area contributed by atoms with Gasteiger partial charge in [-0.25, -0.2) is 0 Å². The zero-order chi connectivity index (χ0) is 25.4. The molecule has 3 fully saturated rings. The van der Waals surface area contributed by atoms with Gasteiger partial charge in [-0.3, -0.25) is 0 Å². The predicted octanol–water partition coefficient (Wildman–Crippen LogP) is 4.33. The van der Waals surface area contributed by atoms with E-state index in [-0.39, 0.29) is 46.8 Å². The fourth-order valence-corrected chi connectivity index (χ4v) is 17.5. The van der Waals surface area contributed by atoms with Crippen molar-refractivity contribution in [1.29, 1.82) is 0 Å². The van der Waals surface area contributed by atoms with E-state index in [0.29, 0.717) is 18.3 Å². The van der Waals surface area contributed by atoms with E-state index in [0.717, 1.165) is 6.42 Å². The Labute approximate surface area is 225 Å². The van der Waals surface area contributed by atoms with Gasteiger partial charge < -0.3 is 0 Å². The maximum atomic E-state index is 14.4. The molecule has 0 amide bonds. The van der Waals surface area contributed by atoms with Gasteiger partial charge in [0, 0.05) is 0 Å². The Hall–Kier alpha value is -2.18.